The normalized spacial score (nSPS) is 12.8. The number of benzene rings is 2. The lowest BCUT2D eigenvalue weighted by atomic mass is 10.1. The highest BCUT2D eigenvalue weighted by Crippen LogP contribution is 2.30. The predicted octanol–water partition coefficient (Wildman–Crippen LogP) is 3.98. The van der Waals surface area contributed by atoms with Gasteiger partial charge in [0.05, 0.1) is 11.6 Å². The summed E-state index contributed by atoms with van der Waals surface area (Å²) in [5.74, 6) is 0.278. The van der Waals surface area contributed by atoms with Crippen LogP contribution in [0.1, 0.15) is 23.1 Å². The molecule has 19 heavy (non-hydrogen) atoms. The summed E-state index contributed by atoms with van der Waals surface area (Å²) < 4.78 is 19.3. The molecule has 0 aliphatic heterocycles. The second-order valence-electron chi connectivity index (χ2n) is 4.64. The number of hydrogen-bond donors (Lipinski definition) is 0. The van der Waals surface area contributed by atoms with Gasteiger partial charge in [-0.15, -0.1) is 0 Å². The summed E-state index contributed by atoms with van der Waals surface area (Å²) in [7, 11) is 0. The minimum Gasteiger partial charge on any atom is -0.454 e. The second kappa shape index (κ2) is 4.74. The Morgan fingerprint density at radius 1 is 1.05 bits per heavy atom. The van der Waals surface area contributed by atoms with E-state index in [1.165, 1.54) is 29.7 Å². The largest absolute Gasteiger partial charge is 0.454 e. The van der Waals surface area contributed by atoms with Gasteiger partial charge in [-0.2, -0.15) is 5.26 Å². The lowest BCUT2D eigenvalue weighted by molar-refractivity contribution is 0.441. The van der Waals surface area contributed by atoms with Crippen molar-refractivity contribution in [3.8, 4) is 17.6 Å². The molecule has 0 spiro atoms. The molecule has 2 aromatic rings. The predicted molar refractivity (Wildman–Crippen MR) is 69.7 cm³/mol. The number of nitrogens with zero attached hydrogens (tertiary/aromatic N) is 1. The fourth-order valence-corrected chi connectivity index (χ4v) is 2.39. The van der Waals surface area contributed by atoms with E-state index in [-0.39, 0.29) is 5.75 Å². The third-order valence-electron chi connectivity index (χ3n) is 3.36. The van der Waals surface area contributed by atoms with Crippen molar-refractivity contribution < 1.29 is 9.13 Å². The molecule has 2 aromatic carbocycles. The summed E-state index contributed by atoms with van der Waals surface area (Å²) in [6.45, 7) is 0. The van der Waals surface area contributed by atoms with Gasteiger partial charge in [0.25, 0.3) is 0 Å². The van der Waals surface area contributed by atoms with E-state index < -0.39 is 5.82 Å². The third kappa shape index (κ3) is 2.30. The molecule has 0 amide bonds. The number of rotatable bonds is 2. The molecule has 0 aromatic heterocycles. The van der Waals surface area contributed by atoms with Crippen LogP contribution in [-0.2, 0) is 12.8 Å². The standard InChI is InChI=1S/C16H12FNO/c17-15-8-11(10-18)4-7-16(15)19-14-6-5-12-2-1-3-13(12)9-14/h4-9H,1-3H2. The zero-order valence-corrected chi connectivity index (χ0v) is 10.3. The first kappa shape index (κ1) is 11.7. The first-order valence-corrected chi connectivity index (χ1v) is 6.25. The number of fused-ring (bicyclic) bond motifs is 1. The minimum atomic E-state index is -0.514. The molecule has 0 saturated carbocycles. The van der Waals surface area contributed by atoms with Crippen molar-refractivity contribution in [1.82, 2.24) is 0 Å². The van der Waals surface area contributed by atoms with E-state index in [0.717, 1.165) is 12.8 Å². The van der Waals surface area contributed by atoms with Crippen LogP contribution in [0.4, 0.5) is 4.39 Å². The topological polar surface area (TPSA) is 33.0 Å². The Balaban J connectivity index is 1.87. The molecule has 0 radical (unpaired) electrons. The fraction of sp³-hybridized carbons (Fsp3) is 0.188. The highest BCUT2D eigenvalue weighted by atomic mass is 19.1. The monoisotopic (exact) mass is 253 g/mol. The summed E-state index contributed by atoms with van der Waals surface area (Å²) in [5, 5.41) is 8.69. The van der Waals surface area contributed by atoms with E-state index in [4.69, 9.17) is 10.00 Å². The molecule has 0 fully saturated rings. The van der Waals surface area contributed by atoms with Crippen molar-refractivity contribution in [2.75, 3.05) is 0 Å². The Morgan fingerprint density at radius 3 is 2.68 bits per heavy atom. The molecule has 0 unspecified atom stereocenters. The zero-order valence-electron chi connectivity index (χ0n) is 10.3. The Morgan fingerprint density at radius 2 is 1.89 bits per heavy atom. The molecule has 0 heterocycles. The van der Waals surface area contributed by atoms with Crippen LogP contribution in [0, 0.1) is 17.1 Å². The number of nitriles is 1. The second-order valence-corrected chi connectivity index (χ2v) is 4.64. The number of halogens is 1. The van der Waals surface area contributed by atoms with Gasteiger partial charge in [-0.3, -0.25) is 0 Å². The van der Waals surface area contributed by atoms with Crippen molar-refractivity contribution >= 4 is 0 Å². The highest BCUT2D eigenvalue weighted by molar-refractivity contribution is 5.42. The van der Waals surface area contributed by atoms with Gasteiger partial charge in [0.2, 0.25) is 0 Å². The molecule has 0 atom stereocenters. The third-order valence-corrected chi connectivity index (χ3v) is 3.36. The van der Waals surface area contributed by atoms with Gasteiger partial charge in [0, 0.05) is 0 Å². The smallest absolute Gasteiger partial charge is 0.167 e. The number of aryl methyl sites for hydroxylation is 2. The molecular formula is C16H12FNO. The minimum absolute atomic E-state index is 0.150. The van der Waals surface area contributed by atoms with E-state index in [9.17, 15) is 4.39 Å². The van der Waals surface area contributed by atoms with Crippen LogP contribution in [0.5, 0.6) is 11.5 Å². The van der Waals surface area contributed by atoms with E-state index in [0.29, 0.717) is 11.3 Å². The quantitative estimate of drug-likeness (QED) is 0.811. The van der Waals surface area contributed by atoms with Gasteiger partial charge in [-0.1, -0.05) is 6.07 Å². The SMILES string of the molecule is N#Cc1ccc(Oc2ccc3c(c2)CCC3)c(F)c1. The van der Waals surface area contributed by atoms with E-state index in [1.807, 2.05) is 24.3 Å². The first-order valence-electron chi connectivity index (χ1n) is 6.25. The maximum Gasteiger partial charge on any atom is 0.167 e. The van der Waals surface area contributed by atoms with Gasteiger partial charge in [-0.05, 0) is 60.7 Å². The Bertz CT molecular complexity index is 673. The van der Waals surface area contributed by atoms with Crippen LogP contribution >= 0.6 is 0 Å². The highest BCUT2D eigenvalue weighted by Gasteiger charge is 2.12. The molecule has 0 bridgehead atoms. The maximum absolute atomic E-state index is 13.7. The lowest BCUT2D eigenvalue weighted by Gasteiger charge is -2.08. The number of hydrogen-bond acceptors (Lipinski definition) is 2. The molecule has 1 aliphatic rings. The van der Waals surface area contributed by atoms with Crippen LogP contribution in [-0.4, -0.2) is 0 Å². The first-order chi connectivity index (χ1) is 9.26. The maximum atomic E-state index is 13.7. The van der Waals surface area contributed by atoms with Crippen molar-refractivity contribution in [2.45, 2.75) is 19.3 Å². The fourth-order valence-electron chi connectivity index (χ4n) is 2.39. The molecule has 1 aliphatic carbocycles. The van der Waals surface area contributed by atoms with Gasteiger partial charge < -0.3 is 4.74 Å². The van der Waals surface area contributed by atoms with Crippen LogP contribution in [0.25, 0.3) is 0 Å². The summed E-state index contributed by atoms with van der Waals surface area (Å²) in [6, 6.07) is 12.0. The van der Waals surface area contributed by atoms with E-state index in [1.54, 1.807) is 6.07 Å². The Kier molecular flexibility index (Phi) is 2.92. The van der Waals surface area contributed by atoms with Gasteiger partial charge >= 0.3 is 0 Å². The van der Waals surface area contributed by atoms with Crippen LogP contribution in [0.2, 0.25) is 0 Å². The molecule has 0 saturated heterocycles. The summed E-state index contributed by atoms with van der Waals surface area (Å²) >= 11 is 0. The van der Waals surface area contributed by atoms with E-state index in [2.05, 4.69) is 0 Å². The Hall–Kier alpha value is -2.34. The zero-order chi connectivity index (χ0) is 13.2. The Labute approximate surface area is 111 Å². The molecule has 3 rings (SSSR count). The van der Waals surface area contributed by atoms with Crippen molar-refractivity contribution in [3.63, 3.8) is 0 Å². The van der Waals surface area contributed by atoms with Crippen LogP contribution in [0.3, 0.4) is 0 Å². The molecular weight excluding hydrogens is 241 g/mol. The summed E-state index contributed by atoms with van der Waals surface area (Å²) in [5.41, 5.74) is 2.93. The average molecular weight is 253 g/mol. The van der Waals surface area contributed by atoms with Crippen LogP contribution in [0.15, 0.2) is 36.4 Å². The van der Waals surface area contributed by atoms with Crippen molar-refractivity contribution in [2.24, 2.45) is 0 Å². The van der Waals surface area contributed by atoms with Gasteiger partial charge in [0.1, 0.15) is 5.75 Å². The average Bonchev–Trinajstić information content (AvgIpc) is 2.88. The molecule has 3 heteroatoms. The summed E-state index contributed by atoms with van der Waals surface area (Å²) in [6.07, 6.45) is 3.34. The molecule has 2 nitrogen and oxygen atoms in total. The van der Waals surface area contributed by atoms with Gasteiger partial charge in [-0.25, -0.2) is 4.39 Å². The van der Waals surface area contributed by atoms with Gasteiger partial charge in [0.15, 0.2) is 11.6 Å². The summed E-state index contributed by atoms with van der Waals surface area (Å²) in [4.78, 5) is 0. The van der Waals surface area contributed by atoms with Crippen LogP contribution < -0.4 is 4.74 Å². The number of ether oxygens (including phenoxy) is 1. The molecule has 0 N–H and O–H groups in total. The van der Waals surface area contributed by atoms with Crippen molar-refractivity contribution in [1.29, 1.82) is 5.26 Å². The molecule has 94 valence electrons. The van der Waals surface area contributed by atoms with E-state index >= 15 is 0 Å². The lowest BCUT2D eigenvalue weighted by Crippen LogP contribution is -1.91. The van der Waals surface area contributed by atoms with Crippen molar-refractivity contribution in [3.05, 3.63) is 58.9 Å².